The van der Waals surface area contributed by atoms with Gasteiger partial charge in [0.25, 0.3) is 0 Å². The van der Waals surface area contributed by atoms with Gasteiger partial charge in [0.15, 0.2) is 0 Å². The molecule has 3 aromatic carbocycles. The molecule has 0 atom stereocenters. The van der Waals surface area contributed by atoms with Crippen molar-refractivity contribution in [2.24, 2.45) is 0 Å². The summed E-state index contributed by atoms with van der Waals surface area (Å²) in [6.07, 6.45) is 0. The van der Waals surface area contributed by atoms with E-state index in [1.807, 2.05) is 72.8 Å². The van der Waals surface area contributed by atoms with Crippen LogP contribution in [0.2, 0.25) is 0 Å². The molecule has 0 fully saturated rings. The highest BCUT2D eigenvalue weighted by Crippen LogP contribution is 2.12. The summed E-state index contributed by atoms with van der Waals surface area (Å²) in [7, 11) is 4.89. The van der Waals surface area contributed by atoms with Gasteiger partial charge in [-0.2, -0.15) is 0 Å². The Morgan fingerprint density at radius 2 is 0.778 bits per heavy atom. The second-order valence-electron chi connectivity index (χ2n) is 7.40. The van der Waals surface area contributed by atoms with Crippen molar-refractivity contribution in [3.63, 3.8) is 0 Å². The molecule has 1 aromatic heterocycles. The summed E-state index contributed by atoms with van der Waals surface area (Å²) in [4.78, 5) is 9.03. The summed E-state index contributed by atoms with van der Waals surface area (Å²) in [6.45, 7) is 0. The third kappa shape index (κ3) is 6.67. The van der Waals surface area contributed by atoms with E-state index in [0.29, 0.717) is 17.2 Å². The predicted molar refractivity (Wildman–Crippen MR) is 139 cm³/mol. The Labute approximate surface area is 211 Å². The smallest absolute Gasteiger partial charge is 0.207 e. The fourth-order valence-corrected chi connectivity index (χ4v) is 3.05. The van der Waals surface area contributed by atoms with Gasteiger partial charge in [0.2, 0.25) is 5.82 Å². The van der Waals surface area contributed by atoms with Gasteiger partial charge < -0.3 is 14.2 Å². The number of hydrogen-bond donors (Lipinski definition) is 0. The van der Waals surface area contributed by atoms with E-state index < -0.39 is 0 Å². The molecular weight excluding hydrogens is 448 g/mol. The van der Waals surface area contributed by atoms with E-state index in [1.165, 1.54) is 0 Å². The molecule has 1 heterocycles. The van der Waals surface area contributed by atoms with Crippen LogP contribution in [0.3, 0.4) is 0 Å². The van der Waals surface area contributed by atoms with Crippen molar-refractivity contribution in [2.45, 2.75) is 0 Å². The van der Waals surface area contributed by atoms with E-state index in [0.717, 1.165) is 33.9 Å². The zero-order valence-corrected chi connectivity index (χ0v) is 20.1. The molecule has 0 saturated heterocycles. The van der Waals surface area contributed by atoms with Crippen molar-refractivity contribution in [1.82, 2.24) is 9.97 Å². The van der Waals surface area contributed by atoms with Gasteiger partial charge in [0.1, 0.15) is 28.6 Å². The lowest BCUT2D eigenvalue weighted by atomic mass is 10.2. The Morgan fingerprint density at radius 3 is 1.11 bits per heavy atom. The normalized spacial score (nSPS) is 9.42. The third-order valence-corrected chi connectivity index (χ3v) is 4.98. The zero-order chi connectivity index (χ0) is 25.2. The molecule has 0 unspecified atom stereocenters. The lowest BCUT2D eigenvalue weighted by Gasteiger charge is -1.99. The fourth-order valence-electron chi connectivity index (χ4n) is 3.05. The number of benzene rings is 3. The molecule has 0 aliphatic heterocycles. The van der Waals surface area contributed by atoms with Gasteiger partial charge >= 0.3 is 0 Å². The predicted octanol–water partition coefficient (Wildman–Crippen LogP) is 4.70. The van der Waals surface area contributed by atoms with Gasteiger partial charge in [-0.05, 0) is 90.6 Å². The quantitative estimate of drug-likeness (QED) is 0.406. The zero-order valence-electron chi connectivity index (χ0n) is 20.1. The minimum atomic E-state index is 0.339. The third-order valence-electron chi connectivity index (χ3n) is 4.98. The van der Waals surface area contributed by atoms with Crippen molar-refractivity contribution < 1.29 is 14.2 Å². The molecule has 36 heavy (non-hydrogen) atoms. The highest BCUT2D eigenvalue weighted by molar-refractivity contribution is 5.48. The van der Waals surface area contributed by atoms with Crippen molar-refractivity contribution in [2.75, 3.05) is 21.3 Å². The molecule has 0 spiro atoms. The number of rotatable bonds is 3. The summed E-state index contributed by atoms with van der Waals surface area (Å²) in [5.41, 5.74) is 3.55. The van der Waals surface area contributed by atoms with Gasteiger partial charge in [0.05, 0.1) is 21.3 Å². The van der Waals surface area contributed by atoms with E-state index >= 15 is 0 Å². The largest absolute Gasteiger partial charge is 0.497 e. The molecule has 0 bridgehead atoms. The molecule has 0 aliphatic rings. The highest BCUT2D eigenvalue weighted by Gasteiger charge is 2.01. The van der Waals surface area contributed by atoms with Crippen LogP contribution in [0, 0.1) is 35.5 Å². The lowest BCUT2D eigenvalue weighted by molar-refractivity contribution is 0.414. The maximum Gasteiger partial charge on any atom is 0.207 e. The summed E-state index contributed by atoms with van der Waals surface area (Å²) in [6, 6.07) is 24.2. The highest BCUT2D eigenvalue weighted by atomic mass is 16.5. The minimum Gasteiger partial charge on any atom is -0.497 e. The monoisotopic (exact) mass is 470 g/mol. The number of nitrogens with zero attached hydrogens (tertiary/aromatic N) is 2. The van der Waals surface area contributed by atoms with Crippen molar-refractivity contribution >= 4 is 0 Å². The SMILES string of the molecule is COc1ccc(C#Cc2cc(C#Cc3ccc(OC)cc3)nc(C#Cc3ccc(OC)cc3)n2)cc1. The Bertz CT molecular complexity index is 1320. The Hall–Kier alpha value is -5.18. The van der Waals surface area contributed by atoms with Gasteiger partial charge in [-0.3, -0.25) is 0 Å². The second-order valence-corrected chi connectivity index (χ2v) is 7.40. The molecule has 4 aromatic rings. The topological polar surface area (TPSA) is 53.5 Å². The summed E-state index contributed by atoms with van der Waals surface area (Å²) >= 11 is 0. The number of hydrogen-bond acceptors (Lipinski definition) is 5. The van der Waals surface area contributed by atoms with Crippen LogP contribution in [0.1, 0.15) is 33.9 Å². The Morgan fingerprint density at radius 1 is 0.444 bits per heavy atom. The Kier molecular flexibility index (Phi) is 7.85. The fraction of sp³-hybridized carbons (Fsp3) is 0.0968. The average molecular weight is 471 g/mol. The molecule has 5 nitrogen and oxygen atoms in total. The van der Waals surface area contributed by atoms with E-state index in [2.05, 4.69) is 45.5 Å². The summed E-state index contributed by atoms with van der Waals surface area (Å²) in [5.74, 6) is 21.2. The number of methoxy groups -OCH3 is 3. The summed E-state index contributed by atoms with van der Waals surface area (Å²) in [5, 5.41) is 0. The number of aromatic nitrogens is 2. The molecule has 0 aliphatic carbocycles. The first-order valence-corrected chi connectivity index (χ1v) is 11.0. The minimum absolute atomic E-state index is 0.339. The standard InChI is InChI=1S/C31H22N2O3/c1-34-28-15-6-23(7-16-28)4-13-26-22-27(14-5-24-8-17-29(35-2)18-9-24)33-31(32-26)21-12-25-10-19-30(36-3)20-11-25/h6-11,15-20,22H,1-3H3. The van der Waals surface area contributed by atoms with E-state index in [9.17, 15) is 0 Å². The maximum absolute atomic E-state index is 5.20. The van der Waals surface area contributed by atoms with Crippen LogP contribution < -0.4 is 14.2 Å². The van der Waals surface area contributed by atoms with E-state index in [1.54, 1.807) is 27.4 Å². The maximum atomic E-state index is 5.20. The van der Waals surface area contributed by atoms with E-state index in [4.69, 9.17) is 14.2 Å². The molecular formula is C31H22N2O3. The first-order valence-electron chi connectivity index (χ1n) is 11.0. The molecule has 0 amide bonds. The number of ether oxygens (including phenoxy) is 3. The van der Waals surface area contributed by atoms with Crippen LogP contribution in [0.5, 0.6) is 17.2 Å². The summed E-state index contributed by atoms with van der Waals surface area (Å²) < 4.78 is 15.6. The molecule has 5 heteroatoms. The average Bonchev–Trinajstić information content (AvgIpc) is 2.94. The van der Waals surface area contributed by atoms with Crippen LogP contribution in [0.25, 0.3) is 0 Å². The van der Waals surface area contributed by atoms with Crippen molar-refractivity contribution in [1.29, 1.82) is 0 Å². The van der Waals surface area contributed by atoms with E-state index in [-0.39, 0.29) is 0 Å². The van der Waals surface area contributed by atoms with Crippen LogP contribution in [0.4, 0.5) is 0 Å². The second kappa shape index (κ2) is 11.8. The molecule has 174 valence electrons. The van der Waals surface area contributed by atoms with Gasteiger partial charge in [-0.1, -0.05) is 17.8 Å². The van der Waals surface area contributed by atoms with Gasteiger partial charge in [-0.25, -0.2) is 9.97 Å². The lowest BCUT2D eigenvalue weighted by Crippen LogP contribution is -1.96. The Balaban J connectivity index is 1.67. The van der Waals surface area contributed by atoms with Crippen LogP contribution in [-0.2, 0) is 0 Å². The molecule has 0 N–H and O–H groups in total. The molecule has 0 radical (unpaired) electrons. The molecule has 4 rings (SSSR count). The van der Waals surface area contributed by atoms with Crippen molar-refractivity contribution in [3.8, 4) is 52.8 Å². The van der Waals surface area contributed by atoms with Gasteiger partial charge in [0, 0.05) is 22.8 Å². The first-order chi connectivity index (χ1) is 17.6. The van der Waals surface area contributed by atoms with Crippen LogP contribution in [-0.4, -0.2) is 31.3 Å². The van der Waals surface area contributed by atoms with Crippen molar-refractivity contribution in [3.05, 3.63) is 113 Å². The first kappa shape index (κ1) is 24.0. The van der Waals surface area contributed by atoms with Gasteiger partial charge in [-0.15, -0.1) is 0 Å². The van der Waals surface area contributed by atoms with Crippen LogP contribution >= 0.6 is 0 Å². The molecule has 0 saturated carbocycles. The van der Waals surface area contributed by atoms with Crippen LogP contribution in [0.15, 0.2) is 78.9 Å².